The van der Waals surface area contributed by atoms with Gasteiger partial charge >= 0.3 is 0 Å². The van der Waals surface area contributed by atoms with Gasteiger partial charge in [0.05, 0.1) is 16.3 Å². The molecule has 0 amide bonds. The van der Waals surface area contributed by atoms with Crippen LogP contribution in [-0.4, -0.2) is 71.9 Å². The lowest BCUT2D eigenvalue weighted by molar-refractivity contribution is 0.472. The van der Waals surface area contributed by atoms with E-state index in [0.717, 1.165) is 36.4 Å². The van der Waals surface area contributed by atoms with E-state index in [-0.39, 0.29) is 5.39 Å². The van der Waals surface area contributed by atoms with Crippen LogP contribution in [0.25, 0.3) is 21.5 Å². The summed E-state index contributed by atoms with van der Waals surface area (Å²) in [4.78, 5) is 7.27. The van der Waals surface area contributed by atoms with E-state index in [1.807, 2.05) is 0 Å². The number of nitrogens with zero attached hydrogens (tertiary/aromatic N) is 5. The number of aromatic hydroxyl groups is 1. The predicted molar refractivity (Wildman–Crippen MR) is 166 cm³/mol. The molecule has 6 N–H and O–H groups in total. The lowest BCUT2D eigenvalue weighted by Gasteiger charge is -2.15. The lowest BCUT2D eigenvalue weighted by Crippen LogP contribution is -2.05. The molecule has 48 heavy (non-hydrogen) atoms. The van der Waals surface area contributed by atoms with Crippen LogP contribution in [0.5, 0.6) is 5.75 Å². The zero-order valence-corrected chi connectivity index (χ0v) is 27.5. The monoisotopic (exact) mass is 780 g/mol. The Labute approximate surface area is 278 Å². The highest BCUT2D eigenvalue weighted by Gasteiger charge is 2.27. The Morgan fingerprint density at radius 1 is 0.646 bits per heavy atom. The first kappa shape index (κ1) is 35.1. The number of hydrogen-bond acceptors (Lipinski definition) is 15. The Hall–Kier alpha value is -4.17. The van der Waals surface area contributed by atoms with Crippen molar-refractivity contribution in [2.75, 3.05) is 5.32 Å². The highest BCUT2D eigenvalue weighted by molar-refractivity contribution is 7.87. The summed E-state index contributed by atoms with van der Waals surface area (Å²) in [6.45, 7) is 0. The van der Waals surface area contributed by atoms with Crippen LogP contribution in [0, 0.1) is 0 Å². The number of benzene rings is 4. The van der Waals surface area contributed by atoms with Gasteiger partial charge in [-0.1, -0.05) is 12.1 Å². The van der Waals surface area contributed by atoms with E-state index >= 15 is 0 Å². The van der Waals surface area contributed by atoms with Gasteiger partial charge in [0, 0.05) is 16.2 Å². The number of phenolic OH excluding ortho intramolecular Hbond substituents is 1. The molecule has 0 saturated heterocycles. The van der Waals surface area contributed by atoms with Crippen molar-refractivity contribution in [3.8, 4) is 5.75 Å². The molecule has 0 aliphatic rings. The summed E-state index contributed by atoms with van der Waals surface area (Å²) in [6.07, 6.45) is 0. The van der Waals surface area contributed by atoms with Crippen LogP contribution in [0.15, 0.2) is 78.3 Å². The quantitative estimate of drug-likeness (QED) is 0.0942. The lowest BCUT2D eigenvalue weighted by atomic mass is 10.1. The molecule has 5 rings (SSSR count). The molecule has 0 radical (unpaired) electrons. The van der Waals surface area contributed by atoms with E-state index < -0.39 is 116 Å². The molecule has 5 aromatic rings. The normalized spacial score (nSPS) is 13.0. The van der Waals surface area contributed by atoms with Crippen LogP contribution >= 0.6 is 23.2 Å². The molecular weight excluding hydrogens is 767 g/mol. The molecule has 0 bridgehead atoms. The molecule has 1 aromatic heterocycles. The number of hydrogen-bond donors (Lipinski definition) is 6. The summed E-state index contributed by atoms with van der Waals surface area (Å²) >= 11 is 11.6. The van der Waals surface area contributed by atoms with Gasteiger partial charge in [-0.25, -0.2) is 0 Å². The summed E-state index contributed by atoms with van der Waals surface area (Å²) in [5, 5.41) is 18.5. The minimum absolute atomic E-state index is 0.373. The second kappa shape index (κ2) is 12.1. The maximum atomic E-state index is 12.4. The van der Waals surface area contributed by atoms with E-state index in [9.17, 15) is 57.0 Å². The predicted octanol–water partition coefficient (Wildman–Crippen LogP) is 4.34. The SMILES string of the molecule is O=S(=O)(O)c1cc(Nc2nc(Cl)nc(Cl)n2)c2c(O)c(N=Nc3cc(S(=O)(=O)O)c4cccc(S(=O)(=O)O)c4c3)c(S(=O)(=O)O)cc2c1. The van der Waals surface area contributed by atoms with Crippen molar-refractivity contribution in [1.82, 2.24) is 15.0 Å². The molecule has 0 aliphatic heterocycles. The minimum Gasteiger partial charge on any atom is -0.505 e. The summed E-state index contributed by atoms with van der Waals surface area (Å²) < 4.78 is 136. The number of aromatic nitrogens is 3. The van der Waals surface area contributed by atoms with Crippen molar-refractivity contribution in [3.05, 3.63) is 59.1 Å². The number of anilines is 2. The molecule has 0 spiro atoms. The average Bonchev–Trinajstić information content (AvgIpc) is 2.93. The number of phenols is 1. The Balaban J connectivity index is 1.83. The van der Waals surface area contributed by atoms with Crippen LogP contribution < -0.4 is 5.32 Å². The van der Waals surface area contributed by atoms with E-state index in [2.05, 4.69) is 30.5 Å². The number of azo groups is 1. The molecule has 19 nitrogen and oxygen atoms in total. The topological polar surface area (TPSA) is 313 Å². The molecule has 0 unspecified atom stereocenters. The third-order valence-electron chi connectivity index (χ3n) is 6.25. The second-order valence-electron chi connectivity index (χ2n) is 9.36. The average molecular weight is 782 g/mol. The van der Waals surface area contributed by atoms with E-state index in [1.165, 1.54) is 0 Å². The third-order valence-corrected chi connectivity index (χ3v) is 10.1. The molecule has 0 fully saturated rings. The van der Waals surface area contributed by atoms with Gasteiger partial charge in [-0.3, -0.25) is 18.2 Å². The summed E-state index contributed by atoms with van der Waals surface area (Å²) in [6, 6.07) is 6.77. The smallest absolute Gasteiger partial charge is 0.296 e. The molecule has 0 saturated carbocycles. The second-order valence-corrected chi connectivity index (χ2v) is 15.6. The third kappa shape index (κ3) is 7.14. The number of rotatable bonds is 8. The van der Waals surface area contributed by atoms with Crippen molar-refractivity contribution >= 4 is 108 Å². The van der Waals surface area contributed by atoms with Gasteiger partial charge in [0.15, 0.2) is 5.75 Å². The Bertz CT molecular complexity index is 2670. The first-order valence-corrected chi connectivity index (χ1v) is 18.6. The van der Waals surface area contributed by atoms with Gasteiger partial charge in [-0.05, 0) is 65.0 Å². The Morgan fingerprint density at radius 3 is 1.81 bits per heavy atom. The fourth-order valence-corrected chi connectivity index (χ4v) is 7.40. The molecule has 4 aromatic carbocycles. The standard InChI is InChI=1S/C23H14Cl2N6O13S4/c24-21-27-22(25)29-23(28-21)26-14-8-11(45(33,34)35)4-9-5-17(48(42,43)44)19(20(32)18(9)14)31-30-10-6-13-12(16(7-10)47(39,40)41)2-1-3-15(13)46(36,37)38/h1-8,32H,(H,33,34,35)(H,36,37,38)(H,39,40,41)(H,42,43,44)(H,26,27,28,29). The van der Waals surface area contributed by atoms with Crippen molar-refractivity contribution < 1.29 is 57.0 Å². The van der Waals surface area contributed by atoms with Crippen molar-refractivity contribution in [2.45, 2.75) is 19.6 Å². The summed E-state index contributed by atoms with van der Waals surface area (Å²) in [7, 11) is -20.4. The van der Waals surface area contributed by atoms with Gasteiger partial charge in [0.25, 0.3) is 40.5 Å². The molecule has 1 heterocycles. The van der Waals surface area contributed by atoms with Crippen molar-refractivity contribution in [1.29, 1.82) is 0 Å². The first-order valence-electron chi connectivity index (χ1n) is 12.1. The largest absolute Gasteiger partial charge is 0.505 e. The summed E-state index contributed by atoms with van der Waals surface area (Å²) in [5.74, 6) is -1.55. The molecular formula is C23H14Cl2N6O13S4. The fraction of sp³-hybridized carbons (Fsp3) is 0. The van der Waals surface area contributed by atoms with E-state index in [1.54, 1.807) is 0 Å². The molecule has 25 heteroatoms. The van der Waals surface area contributed by atoms with Crippen LogP contribution in [0.3, 0.4) is 0 Å². The minimum atomic E-state index is -5.34. The first-order chi connectivity index (χ1) is 22.0. The number of fused-ring (bicyclic) bond motifs is 2. The molecule has 0 atom stereocenters. The highest BCUT2D eigenvalue weighted by atomic mass is 35.5. The van der Waals surface area contributed by atoms with Crippen LogP contribution in [-0.2, 0) is 40.5 Å². The maximum Gasteiger partial charge on any atom is 0.296 e. The van der Waals surface area contributed by atoms with Crippen molar-refractivity contribution in [3.63, 3.8) is 0 Å². The highest BCUT2D eigenvalue weighted by Crippen LogP contribution is 2.46. The van der Waals surface area contributed by atoms with Gasteiger partial charge in [-0.2, -0.15) is 53.7 Å². The van der Waals surface area contributed by atoms with Gasteiger partial charge in [0.2, 0.25) is 16.5 Å². The maximum absolute atomic E-state index is 12.4. The van der Waals surface area contributed by atoms with Crippen LogP contribution in [0.2, 0.25) is 10.6 Å². The zero-order chi connectivity index (χ0) is 35.6. The Morgan fingerprint density at radius 2 is 1.25 bits per heavy atom. The zero-order valence-electron chi connectivity index (χ0n) is 22.7. The molecule has 252 valence electrons. The van der Waals surface area contributed by atoms with Crippen LogP contribution in [0.1, 0.15) is 0 Å². The molecule has 0 aliphatic carbocycles. The van der Waals surface area contributed by atoms with Gasteiger partial charge in [0.1, 0.15) is 20.4 Å². The summed E-state index contributed by atoms with van der Waals surface area (Å²) in [5.41, 5.74) is -2.05. The van der Waals surface area contributed by atoms with E-state index in [4.69, 9.17) is 23.2 Å². The van der Waals surface area contributed by atoms with Gasteiger partial charge in [-0.15, -0.1) is 5.11 Å². The van der Waals surface area contributed by atoms with Crippen molar-refractivity contribution in [2.24, 2.45) is 10.2 Å². The number of halogens is 2. The van der Waals surface area contributed by atoms with Crippen LogP contribution in [0.4, 0.5) is 23.0 Å². The van der Waals surface area contributed by atoms with E-state index in [0.29, 0.717) is 12.1 Å². The van der Waals surface area contributed by atoms with Gasteiger partial charge < -0.3 is 10.4 Å². The Kier molecular flexibility index (Phi) is 8.83. The number of nitrogens with one attached hydrogen (secondary N) is 1. The fourth-order valence-electron chi connectivity index (χ4n) is 4.42.